The molecule has 4 aromatic rings. The van der Waals surface area contributed by atoms with Gasteiger partial charge in [0.1, 0.15) is 5.58 Å². The van der Waals surface area contributed by atoms with Gasteiger partial charge in [-0.2, -0.15) is 0 Å². The second-order valence-electron chi connectivity index (χ2n) is 8.60. The van der Waals surface area contributed by atoms with Crippen molar-refractivity contribution in [1.82, 2.24) is 0 Å². The largest absolute Gasteiger partial charge is 0.439 e. The highest BCUT2D eigenvalue weighted by Gasteiger charge is 2.29. The zero-order chi connectivity index (χ0) is 20.3. The van der Waals surface area contributed by atoms with Crippen molar-refractivity contribution in [2.24, 2.45) is 0 Å². The van der Waals surface area contributed by atoms with E-state index in [1.165, 1.54) is 55.7 Å². The van der Waals surface area contributed by atoms with Crippen LogP contribution in [0.15, 0.2) is 52.9 Å². The lowest BCUT2D eigenvalue weighted by atomic mass is 10.0. The first-order valence-electron chi connectivity index (χ1n) is 10.4. The Morgan fingerprint density at radius 3 is 2.17 bits per heavy atom. The van der Waals surface area contributed by atoms with Gasteiger partial charge in [-0.1, -0.05) is 47.0 Å². The molecular formula is C27H27NO. The highest BCUT2D eigenvalue weighted by molar-refractivity contribution is 5.92. The minimum atomic E-state index is 0.975. The average molecular weight is 382 g/mol. The van der Waals surface area contributed by atoms with Gasteiger partial charge in [0.2, 0.25) is 5.88 Å². The topological polar surface area (TPSA) is 16.4 Å². The Morgan fingerprint density at radius 1 is 0.724 bits per heavy atom. The average Bonchev–Trinajstić information content (AvgIpc) is 2.93. The van der Waals surface area contributed by atoms with E-state index in [4.69, 9.17) is 4.42 Å². The zero-order valence-corrected chi connectivity index (χ0v) is 17.9. The van der Waals surface area contributed by atoms with Gasteiger partial charge >= 0.3 is 0 Å². The third-order valence-electron chi connectivity index (χ3n) is 6.11. The number of hydrogen-bond donors (Lipinski definition) is 0. The van der Waals surface area contributed by atoms with E-state index in [1.807, 2.05) is 0 Å². The Hall–Kier alpha value is -3.00. The second kappa shape index (κ2) is 6.52. The van der Waals surface area contributed by atoms with Crippen LogP contribution in [0.3, 0.4) is 0 Å². The molecule has 1 aliphatic rings. The van der Waals surface area contributed by atoms with Crippen LogP contribution in [0.2, 0.25) is 0 Å². The van der Waals surface area contributed by atoms with Crippen LogP contribution in [0.25, 0.3) is 11.0 Å². The predicted molar refractivity (Wildman–Crippen MR) is 122 cm³/mol. The quantitative estimate of drug-likeness (QED) is 0.338. The van der Waals surface area contributed by atoms with Crippen molar-refractivity contribution in [3.63, 3.8) is 0 Å². The molecule has 1 aromatic heterocycles. The lowest BCUT2D eigenvalue weighted by Crippen LogP contribution is -2.14. The molecule has 3 aromatic carbocycles. The van der Waals surface area contributed by atoms with Crippen molar-refractivity contribution in [3.05, 3.63) is 87.5 Å². The fourth-order valence-corrected chi connectivity index (χ4v) is 4.92. The van der Waals surface area contributed by atoms with E-state index in [2.05, 4.69) is 88.0 Å². The van der Waals surface area contributed by atoms with Crippen molar-refractivity contribution in [2.75, 3.05) is 4.90 Å². The van der Waals surface area contributed by atoms with Crippen molar-refractivity contribution < 1.29 is 4.42 Å². The van der Waals surface area contributed by atoms with E-state index in [1.54, 1.807) is 0 Å². The first-order chi connectivity index (χ1) is 13.9. The molecular weight excluding hydrogens is 354 g/mol. The summed E-state index contributed by atoms with van der Waals surface area (Å²) < 4.78 is 6.55. The summed E-state index contributed by atoms with van der Waals surface area (Å²) in [6, 6.07) is 17.9. The summed E-state index contributed by atoms with van der Waals surface area (Å²) >= 11 is 0. The van der Waals surface area contributed by atoms with Gasteiger partial charge in [-0.15, -0.1) is 0 Å². The van der Waals surface area contributed by atoms with Gasteiger partial charge in [-0.05, 0) is 82.3 Å². The molecule has 29 heavy (non-hydrogen) atoms. The minimum Gasteiger partial charge on any atom is -0.439 e. The smallest absolute Gasteiger partial charge is 0.209 e. The van der Waals surface area contributed by atoms with E-state index in [0.29, 0.717) is 0 Å². The van der Waals surface area contributed by atoms with E-state index >= 15 is 0 Å². The van der Waals surface area contributed by atoms with Crippen molar-refractivity contribution >= 4 is 28.2 Å². The zero-order valence-electron chi connectivity index (χ0n) is 17.9. The highest BCUT2D eigenvalue weighted by atomic mass is 16.4. The summed E-state index contributed by atoms with van der Waals surface area (Å²) in [6.45, 7) is 10.9. The van der Waals surface area contributed by atoms with Crippen LogP contribution in [0.4, 0.5) is 17.3 Å². The van der Waals surface area contributed by atoms with Crippen LogP contribution in [-0.4, -0.2) is 0 Å². The normalized spacial score (nSPS) is 13.3. The van der Waals surface area contributed by atoms with Crippen molar-refractivity contribution in [2.45, 2.75) is 47.5 Å². The highest BCUT2D eigenvalue weighted by Crippen LogP contribution is 2.47. The van der Waals surface area contributed by atoms with E-state index in [9.17, 15) is 0 Å². The van der Waals surface area contributed by atoms with Gasteiger partial charge in [-0.25, -0.2) is 0 Å². The molecule has 1 aliphatic heterocycles. The second-order valence-corrected chi connectivity index (χ2v) is 8.60. The number of hydrogen-bond acceptors (Lipinski definition) is 2. The Balaban J connectivity index is 1.86. The van der Waals surface area contributed by atoms with Crippen LogP contribution in [0.5, 0.6) is 0 Å². The maximum Gasteiger partial charge on any atom is 0.209 e. The number of aryl methyl sites for hydroxylation is 7. The monoisotopic (exact) mass is 381 g/mol. The number of anilines is 3. The molecule has 0 fully saturated rings. The fraction of sp³-hybridized carbons (Fsp3) is 0.259. The SMILES string of the molecule is Cc1cc(C)c(N2c3ccc(C)cc3CCc3c2oc2ccc(C)cc32)c(C)c1. The van der Waals surface area contributed by atoms with Crippen molar-refractivity contribution in [3.8, 4) is 0 Å². The lowest BCUT2D eigenvalue weighted by molar-refractivity contribution is 0.617. The van der Waals surface area contributed by atoms with Gasteiger partial charge in [0.25, 0.3) is 0 Å². The number of fused-ring (bicyclic) bond motifs is 4. The Labute approximate surface area is 172 Å². The molecule has 0 amide bonds. The van der Waals surface area contributed by atoms with Crippen LogP contribution >= 0.6 is 0 Å². The molecule has 0 saturated carbocycles. The van der Waals surface area contributed by atoms with Gasteiger partial charge in [0.05, 0.1) is 11.4 Å². The summed E-state index contributed by atoms with van der Waals surface area (Å²) in [5.41, 5.74) is 12.6. The molecule has 0 unspecified atom stereocenters. The molecule has 2 heterocycles. The van der Waals surface area contributed by atoms with E-state index in [0.717, 1.165) is 24.3 Å². The summed E-state index contributed by atoms with van der Waals surface area (Å²) in [7, 11) is 0. The molecule has 0 aliphatic carbocycles. The van der Waals surface area contributed by atoms with Crippen LogP contribution in [0.1, 0.15) is 38.9 Å². The number of rotatable bonds is 1. The summed E-state index contributed by atoms with van der Waals surface area (Å²) in [4.78, 5) is 2.37. The summed E-state index contributed by atoms with van der Waals surface area (Å²) in [6.07, 6.45) is 2.01. The molecule has 0 N–H and O–H groups in total. The van der Waals surface area contributed by atoms with Gasteiger partial charge < -0.3 is 4.42 Å². The van der Waals surface area contributed by atoms with Crippen molar-refractivity contribution in [1.29, 1.82) is 0 Å². The standard InChI is InChI=1S/C27H27NO/c1-16-6-10-24-21(14-16)8-9-22-23-15-17(2)7-11-25(23)29-27(22)28(24)26-19(4)12-18(3)13-20(26)5/h6-7,10-15H,8-9H2,1-5H3. The van der Waals surface area contributed by atoms with Gasteiger partial charge in [-0.3, -0.25) is 4.90 Å². The summed E-state index contributed by atoms with van der Waals surface area (Å²) in [5, 5.41) is 1.25. The predicted octanol–water partition coefficient (Wildman–Crippen LogP) is 7.54. The Morgan fingerprint density at radius 2 is 1.41 bits per heavy atom. The van der Waals surface area contributed by atoms with Crippen LogP contribution in [-0.2, 0) is 12.8 Å². The Bertz CT molecular complexity index is 1240. The molecule has 146 valence electrons. The minimum absolute atomic E-state index is 0.975. The molecule has 5 rings (SSSR count). The third kappa shape index (κ3) is 2.86. The first kappa shape index (κ1) is 18.1. The van der Waals surface area contributed by atoms with Crippen LogP contribution < -0.4 is 4.90 Å². The maximum atomic E-state index is 6.55. The molecule has 2 heteroatoms. The number of nitrogens with zero attached hydrogens (tertiary/aromatic N) is 1. The third-order valence-corrected chi connectivity index (χ3v) is 6.11. The van der Waals surface area contributed by atoms with E-state index in [-0.39, 0.29) is 0 Å². The molecule has 2 nitrogen and oxygen atoms in total. The maximum absolute atomic E-state index is 6.55. The van der Waals surface area contributed by atoms with Crippen LogP contribution in [0, 0.1) is 34.6 Å². The summed E-state index contributed by atoms with van der Waals surface area (Å²) in [5.74, 6) is 0.975. The first-order valence-corrected chi connectivity index (χ1v) is 10.4. The van der Waals surface area contributed by atoms with E-state index < -0.39 is 0 Å². The molecule has 0 atom stereocenters. The molecule has 0 spiro atoms. The fourth-order valence-electron chi connectivity index (χ4n) is 4.92. The molecule has 0 saturated heterocycles. The number of benzene rings is 3. The van der Waals surface area contributed by atoms with Gasteiger partial charge in [0.15, 0.2) is 0 Å². The molecule has 0 bridgehead atoms. The molecule has 0 radical (unpaired) electrons. The van der Waals surface area contributed by atoms with Gasteiger partial charge in [0, 0.05) is 10.9 Å². The number of furan rings is 1. The Kier molecular flexibility index (Phi) is 4.06. The lowest BCUT2D eigenvalue weighted by Gasteiger charge is -2.28.